The third kappa shape index (κ3) is 8.56. The van der Waals surface area contributed by atoms with E-state index in [4.69, 9.17) is 21.1 Å². The fraction of sp³-hybridized carbons (Fsp3) is 0.538. The first-order valence-electron chi connectivity index (χ1n) is 12.3. The van der Waals surface area contributed by atoms with Gasteiger partial charge in [-0.15, -0.1) is 0 Å². The van der Waals surface area contributed by atoms with Crippen molar-refractivity contribution in [2.45, 2.75) is 68.5 Å². The van der Waals surface area contributed by atoms with Crippen molar-refractivity contribution in [3.05, 3.63) is 64.9 Å². The molecule has 0 aliphatic carbocycles. The first-order chi connectivity index (χ1) is 17.3. The molecule has 1 fully saturated rings. The molecule has 1 heterocycles. The van der Waals surface area contributed by atoms with Gasteiger partial charge >= 0.3 is 0 Å². The van der Waals surface area contributed by atoms with Gasteiger partial charge in [-0.25, -0.2) is 12.9 Å². The number of halogens is 2. The van der Waals surface area contributed by atoms with Crippen molar-refractivity contribution in [1.29, 1.82) is 0 Å². The number of nitrogens with zero attached hydrogens (tertiary/aromatic N) is 1. The third-order valence-electron chi connectivity index (χ3n) is 6.30. The van der Waals surface area contributed by atoms with Gasteiger partial charge in [0.25, 0.3) is 0 Å². The van der Waals surface area contributed by atoms with Crippen LogP contribution < -0.4 is 5.32 Å². The summed E-state index contributed by atoms with van der Waals surface area (Å²) in [5.74, 6) is -0.583. The maximum atomic E-state index is 13.7. The van der Waals surface area contributed by atoms with E-state index in [1.54, 1.807) is 4.31 Å². The van der Waals surface area contributed by atoms with E-state index in [1.807, 2.05) is 44.2 Å². The minimum absolute atomic E-state index is 0.0511. The van der Waals surface area contributed by atoms with Crippen molar-refractivity contribution < 1.29 is 28.3 Å². The number of hydrogen-bond acceptors (Lipinski definition) is 6. The molecular formula is C26H36ClFN2O5S. The molecule has 1 aliphatic heterocycles. The zero-order valence-electron chi connectivity index (χ0n) is 20.7. The number of rotatable bonds is 14. The summed E-state index contributed by atoms with van der Waals surface area (Å²) in [6, 6.07) is 12.9. The molecular weight excluding hydrogens is 507 g/mol. The molecule has 7 nitrogen and oxygen atoms in total. The Morgan fingerprint density at radius 2 is 2.03 bits per heavy atom. The van der Waals surface area contributed by atoms with Crippen molar-refractivity contribution in [1.82, 2.24) is 9.62 Å². The molecule has 0 bridgehead atoms. The van der Waals surface area contributed by atoms with Crippen molar-refractivity contribution in [2.75, 3.05) is 26.4 Å². The second-order valence-electron chi connectivity index (χ2n) is 9.05. The molecule has 6 atom stereocenters. The van der Waals surface area contributed by atoms with Gasteiger partial charge < -0.3 is 19.7 Å². The Morgan fingerprint density at radius 1 is 1.28 bits per heavy atom. The largest absolute Gasteiger partial charge is 0.390 e. The molecule has 0 radical (unpaired) electrons. The fourth-order valence-electron chi connectivity index (χ4n) is 3.99. The van der Waals surface area contributed by atoms with E-state index in [9.17, 15) is 18.8 Å². The number of benzene rings is 2. The van der Waals surface area contributed by atoms with Crippen LogP contribution in [0.5, 0.6) is 0 Å². The Hall–Kier alpha value is -1.43. The lowest BCUT2D eigenvalue weighted by Crippen LogP contribution is -2.53. The van der Waals surface area contributed by atoms with Gasteiger partial charge in [0.15, 0.2) is 0 Å². The Labute approximate surface area is 220 Å². The standard InChI is InChI=1S/C26H36ClFN2O5S/c1-3-18(2)30(36(33)21-9-10-23(28)22(27)14-21)15-25(31)24(13-19-7-5-4-6-8-19)29-26(32)17-35-20-11-12-34-16-20/h4-10,14,18,20,24-26,29,31-32H,3,11-13,15-17H2,1-2H3. The zero-order valence-corrected chi connectivity index (χ0v) is 22.3. The molecule has 0 aromatic heterocycles. The van der Waals surface area contributed by atoms with Crippen molar-refractivity contribution in [3.63, 3.8) is 0 Å². The van der Waals surface area contributed by atoms with E-state index in [-0.39, 0.29) is 30.3 Å². The van der Waals surface area contributed by atoms with Gasteiger partial charge in [0.05, 0.1) is 35.3 Å². The second-order valence-corrected chi connectivity index (χ2v) is 10.9. The zero-order chi connectivity index (χ0) is 26.1. The van der Waals surface area contributed by atoms with Crippen molar-refractivity contribution in [3.8, 4) is 0 Å². The number of nitrogens with one attached hydrogen (secondary N) is 1. The molecule has 1 saturated heterocycles. The fourth-order valence-corrected chi connectivity index (χ4v) is 5.67. The molecule has 2 aromatic rings. The quantitative estimate of drug-likeness (QED) is 0.317. The predicted octanol–water partition coefficient (Wildman–Crippen LogP) is 3.29. The third-order valence-corrected chi connectivity index (χ3v) is 8.18. The molecule has 3 rings (SSSR count). The monoisotopic (exact) mass is 542 g/mol. The first-order valence-corrected chi connectivity index (χ1v) is 13.8. The highest BCUT2D eigenvalue weighted by Gasteiger charge is 2.30. The molecule has 0 spiro atoms. The van der Waals surface area contributed by atoms with E-state index in [2.05, 4.69) is 5.32 Å². The van der Waals surface area contributed by atoms with Gasteiger partial charge in [-0.1, -0.05) is 48.9 Å². The summed E-state index contributed by atoms with van der Waals surface area (Å²) in [6.07, 6.45) is -0.133. The lowest BCUT2D eigenvalue weighted by molar-refractivity contribution is -0.0365. The maximum absolute atomic E-state index is 13.7. The molecule has 3 N–H and O–H groups in total. The summed E-state index contributed by atoms with van der Waals surface area (Å²) in [6.45, 7) is 5.15. The Morgan fingerprint density at radius 3 is 2.67 bits per heavy atom. The highest BCUT2D eigenvalue weighted by molar-refractivity contribution is 7.82. The highest BCUT2D eigenvalue weighted by atomic mass is 35.5. The van der Waals surface area contributed by atoms with Gasteiger partial charge in [0.1, 0.15) is 23.0 Å². The molecule has 10 heteroatoms. The van der Waals surface area contributed by atoms with E-state index in [0.717, 1.165) is 12.0 Å². The van der Waals surface area contributed by atoms with Gasteiger partial charge in [-0.2, -0.15) is 0 Å². The lowest BCUT2D eigenvalue weighted by atomic mass is 10.0. The van der Waals surface area contributed by atoms with Crippen molar-refractivity contribution >= 4 is 22.6 Å². The number of aliphatic hydroxyl groups is 2. The summed E-state index contributed by atoms with van der Waals surface area (Å²) in [5.41, 5.74) is 0.980. The Kier molecular flexibility index (Phi) is 11.7. The normalized spacial score (nSPS) is 20.2. The molecule has 0 amide bonds. The number of hydrogen-bond donors (Lipinski definition) is 3. The minimum Gasteiger partial charge on any atom is -0.390 e. The van der Waals surface area contributed by atoms with Crippen LogP contribution in [0, 0.1) is 5.82 Å². The molecule has 2 aromatic carbocycles. The topological polar surface area (TPSA) is 91.3 Å². The van der Waals surface area contributed by atoms with E-state index < -0.39 is 35.2 Å². The average Bonchev–Trinajstić information content (AvgIpc) is 3.40. The van der Waals surface area contributed by atoms with Crippen LogP contribution >= 0.6 is 11.6 Å². The van der Waals surface area contributed by atoms with Crippen molar-refractivity contribution in [2.24, 2.45) is 0 Å². The summed E-state index contributed by atoms with van der Waals surface area (Å²) >= 11 is 5.92. The van der Waals surface area contributed by atoms with Crippen LogP contribution in [0.25, 0.3) is 0 Å². The summed E-state index contributed by atoms with van der Waals surface area (Å²) in [4.78, 5) is 0.355. The predicted molar refractivity (Wildman–Crippen MR) is 139 cm³/mol. The van der Waals surface area contributed by atoms with Crippen LogP contribution in [0.4, 0.5) is 4.39 Å². The van der Waals surface area contributed by atoms with Crippen LogP contribution in [-0.2, 0) is 26.9 Å². The number of ether oxygens (including phenoxy) is 2. The van der Waals surface area contributed by atoms with E-state index in [1.165, 1.54) is 18.2 Å². The van der Waals surface area contributed by atoms with Gasteiger partial charge in [0.2, 0.25) is 0 Å². The second kappa shape index (κ2) is 14.5. The summed E-state index contributed by atoms with van der Waals surface area (Å²) < 4.78 is 39.8. The SMILES string of the molecule is CCC(C)N(CC(O)C(Cc1ccccc1)NC(O)COC1CCOC1)S(=O)c1ccc(F)c(Cl)c1. The molecule has 1 aliphatic rings. The molecule has 6 unspecified atom stereocenters. The molecule has 36 heavy (non-hydrogen) atoms. The van der Waals surface area contributed by atoms with Crippen LogP contribution in [0.15, 0.2) is 53.4 Å². The van der Waals surface area contributed by atoms with Gasteiger partial charge in [-0.05, 0) is 49.9 Å². The smallest absolute Gasteiger partial charge is 0.141 e. The molecule has 0 saturated carbocycles. The number of aliphatic hydroxyl groups excluding tert-OH is 2. The van der Waals surface area contributed by atoms with Gasteiger partial charge in [0, 0.05) is 25.2 Å². The summed E-state index contributed by atoms with van der Waals surface area (Å²) in [7, 11) is -1.68. The van der Waals surface area contributed by atoms with Gasteiger partial charge in [-0.3, -0.25) is 5.32 Å². The van der Waals surface area contributed by atoms with Crippen LogP contribution in [0.2, 0.25) is 5.02 Å². The average molecular weight is 543 g/mol. The summed E-state index contributed by atoms with van der Waals surface area (Å²) in [5, 5.41) is 24.9. The van der Waals surface area contributed by atoms with Crippen LogP contribution in [0.3, 0.4) is 0 Å². The maximum Gasteiger partial charge on any atom is 0.141 e. The Balaban J connectivity index is 1.74. The van der Waals surface area contributed by atoms with Crippen LogP contribution in [-0.4, -0.2) is 75.6 Å². The Bertz CT molecular complexity index is 967. The highest BCUT2D eigenvalue weighted by Crippen LogP contribution is 2.23. The first kappa shape index (κ1) is 29.1. The van der Waals surface area contributed by atoms with E-state index in [0.29, 0.717) is 31.0 Å². The lowest BCUT2D eigenvalue weighted by Gasteiger charge is -2.33. The minimum atomic E-state index is -1.68. The van der Waals surface area contributed by atoms with Crippen LogP contribution in [0.1, 0.15) is 32.3 Å². The molecule has 200 valence electrons. The van der Waals surface area contributed by atoms with E-state index >= 15 is 0 Å².